The first-order chi connectivity index (χ1) is 11.1. The molecule has 1 N–H and O–H groups in total. The molecule has 3 rings (SSSR count). The van der Waals surface area contributed by atoms with Crippen LogP contribution in [-0.2, 0) is 0 Å². The number of carbonyl (C=O) groups is 1. The predicted octanol–water partition coefficient (Wildman–Crippen LogP) is 3.88. The maximum atomic E-state index is 13.9. The molecule has 2 aromatic carbocycles. The van der Waals surface area contributed by atoms with E-state index in [-0.39, 0.29) is 11.6 Å². The van der Waals surface area contributed by atoms with Crippen LogP contribution in [0.15, 0.2) is 54.7 Å². The highest BCUT2D eigenvalue weighted by Gasteiger charge is 2.16. The van der Waals surface area contributed by atoms with Crippen LogP contribution in [0.1, 0.15) is 21.6 Å². The highest BCUT2D eigenvalue weighted by Crippen LogP contribution is 2.19. The molecule has 0 unspecified atom stereocenters. The number of amides is 1. The van der Waals surface area contributed by atoms with Crippen molar-refractivity contribution in [2.45, 2.75) is 13.8 Å². The minimum Gasteiger partial charge on any atom is -0.319 e. The highest BCUT2D eigenvalue weighted by molar-refractivity contribution is 6.05. The summed E-state index contributed by atoms with van der Waals surface area (Å²) in [4.78, 5) is 12.4. The van der Waals surface area contributed by atoms with E-state index in [1.54, 1.807) is 30.7 Å². The molecular formula is C18H16FN3O. The molecule has 0 bridgehead atoms. The molecule has 0 aliphatic carbocycles. The summed E-state index contributed by atoms with van der Waals surface area (Å²) in [5.74, 6) is -0.834. The zero-order chi connectivity index (χ0) is 16.4. The van der Waals surface area contributed by atoms with Crippen LogP contribution in [0.5, 0.6) is 0 Å². The molecule has 1 aromatic heterocycles. The fraction of sp³-hybridized carbons (Fsp3) is 0.111. The van der Waals surface area contributed by atoms with E-state index in [0.717, 1.165) is 11.3 Å². The van der Waals surface area contributed by atoms with E-state index in [1.165, 1.54) is 12.3 Å². The van der Waals surface area contributed by atoms with E-state index >= 15 is 0 Å². The quantitative estimate of drug-likeness (QED) is 0.798. The molecule has 0 aliphatic heterocycles. The van der Waals surface area contributed by atoms with E-state index < -0.39 is 5.82 Å². The lowest BCUT2D eigenvalue weighted by Crippen LogP contribution is -2.14. The van der Waals surface area contributed by atoms with Crippen LogP contribution in [0, 0.1) is 19.7 Å². The fourth-order valence-electron chi connectivity index (χ4n) is 2.37. The van der Waals surface area contributed by atoms with E-state index in [2.05, 4.69) is 10.4 Å². The lowest BCUT2D eigenvalue weighted by Gasteiger charge is -2.08. The maximum Gasteiger partial charge on any atom is 0.259 e. The summed E-state index contributed by atoms with van der Waals surface area (Å²) in [6.45, 7) is 3.60. The van der Waals surface area contributed by atoms with Gasteiger partial charge in [0.1, 0.15) is 5.82 Å². The standard InChI is InChI=1S/C18H16FN3O/c1-12-8-9-17(16(19)10-12)21-18(23)15-11-20-22(13(15)2)14-6-4-3-5-7-14/h3-11H,1-2H3,(H,21,23). The summed E-state index contributed by atoms with van der Waals surface area (Å²) in [6, 6.07) is 14.2. The first-order valence-corrected chi connectivity index (χ1v) is 7.24. The Morgan fingerprint density at radius 1 is 1.13 bits per heavy atom. The molecule has 0 spiro atoms. The average Bonchev–Trinajstić information content (AvgIpc) is 2.92. The molecule has 5 heteroatoms. The van der Waals surface area contributed by atoms with E-state index in [4.69, 9.17) is 0 Å². The summed E-state index contributed by atoms with van der Waals surface area (Å²) in [7, 11) is 0. The molecule has 0 saturated carbocycles. The highest BCUT2D eigenvalue weighted by atomic mass is 19.1. The molecule has 0 aliphatic rings. The van der Waals surface area contributed by atoms with Gasteiger partial charge in [-0.3, -0.25) is 4.79 Å². The van der Waals surface area contributed by atoms with Gasteiger partial charge in [0, 0.05) is 0 Å². The van der Waals surface area contributed by atoms with Crippen LogP contribution in [-0.4, -0.2) is 15.7 Å². The molecule has 0 saturated heterocycles. The van der Waals surface area contributed by atoms with Crippen molar-refractivity contribution >= 4 is 11.6 Å². The van der Waals surface area contributed by atoms with E-state index in [0.29, 0.717) is 11.3 Å². The number of nitrogens with zero attached hydrogens (tertiary/aromatic N) is 2. The van der Waals surface area contributed by atoms with Gasteiger partial charge in [-0.1, -0.05) is 24.3 Å². The second-order valence-corrected chi connectivity index (χ2v) is 5.33. The summed E-state index contributed by atoms with van der Waals surface area (Å²) in [5.41, 5.74) is 2.93. The lowest BCUT2D eigenvalue weighted by molar-refractivity contribution is 0.102. The Bertz CT molecular complexity index is 856. The van der Waals surface area contributed by atoms with Gasteiger partial charge in [0.25, 0.3) is 5.91 Å². The predicted molar refractivity (Wildman–Crippen MR) is 87.4 cm³/mol. The molecular weight excluding hydrogens is 293 g/mol. The third-order valence-corrected chi connectivity index (χ3v) is 3.63. The number of para-hydroxylation sites is 1. The van der Waals surface area contributed by atoms with Gasteiger partial charge >= 0.3 is 0 Å². The van der Waals surface area contributed by atoms with Crippen LogP contribution >= 0.6 is 0 Å². The van der Waals surface area contributed by atoms with Crippen molar-refractivity contribution in [3.63, 3.8) is 0 Å². The molecule has 23 heavy (non-hydrogen) atoms. The zero-order valence-corrected chi connectivity index (χ0v) is 12.9. The maximum absolute atomic E-state index is 13.9. The number of nitrogens with one attached hydrogen (secondary N) is 1. The molecule has 0 radical (unpaired) electrons. The van der Waals surface area contributed by atoms with Gasteiger partial charge in [0.2, 0.25) is 0 Å². The topological polar surface area (TPSA) is 46.9 Å². The summed E-state index contributed by atoms with van der Waals surface area (Å²) in [6.07, 6.45) is 1.49. The number of hydrogen-bond acceptors (Lipinski definition) is 2. The monoisotopic (exact) mass is 309 g/mol. The first kappa shape index (κ1) is 15.0. The van der Waals surface area contributed by atoms with Crippen molar-refractivity contribution < 1.29 is 9.18 Å². The Labute approximate surface area is 133 Å². The normalized spacial score (nSPS) is 10.6. The van der Waals surface area contributed by atoms with Crippen molar-refractivity contribution in [2.75, 3.05) is 5.32 Å². The Balaban J connectivity index is 1.88. The Kier molecular flexibility index (Phi) is 3.93. The van der Waals surface area contributed by atoms with Crippen molar-refractivity contribution in [1.82, 2.24) is 9.78 Å². The number of benzene rings is 2. The van der Waals surface area contributed by atoms with Gasteiger partial charge in [-0.05, 0) is 43.7 Å². The smallest absolute Gasteiger partial charge is 0.259 e. The Morgan fingerprint density at radius 2 is 1.87 bits per heavy atom. The van der Waals surface area contributed by atoms with E-state index in [1.807, 2.05) is 30.3 Å². The SMILES string of the molecule is Cc1ccc(NC(=O)c2cnn(-c3ccccc3)c2C)c(F)c1. The van der Waals surface area contributed by atoms with Gasteiger partial charge in [0.15, 0.2) is 0 Å². The molecule has 116 valence electrons. The van der Waals surface area contributed by atoms with Crippen LogP contribution in [0.3, 0.4) is 0 Å². The number of aryl methyl sites for hydroxylation is 1. The molecule has 1 amide bonds. The van der Waals surface area contributed by atoms with Crippen LogP contribution < -0.4 is 5.32 Å². The molecule has 3 aromatic rings. The van der Waals surface area contributed by atoms with Crippen LogP contribution in [0.4, 0.5) is 10.1 Å². The number of aromatic nitrogens is 2. The zero-order valence-electron chi connectivity index (χ0n) is 12.9. The third kappa shape index (κ3) is 2.99. The van der Waals surface area contributed by atoms with Gasteiger partial charge in [-0.15, -0.1) is 0 Å². The first-order valence-electron chi connectivity index (χ1n) is 7.24. The average molecular weight is 309 g/mol. The van der Waals surface area contributed by atoms with Crippen molar-refractivity contribution in [3.8, 4) is 5.69 Å². The molecule has 0 fully saturated rings. The lowest BCUT2D eigenvalue weighted by atomic mass is 10.2. The van der Waals surface area contributed by atoms with Crippen LogP contribution in [0.25, 0.3) is 5.69 Å². The summed E-state index contributed by atoms with van der Waals surface area (Å²) >= 11 is 0. The second kappa shape index (κ2) is 6.04. The van der Waals surface area contributed by atoms with Gasteiger partial charge in [-0.2, -0.15) is 5.10 Å². The minimum absolute atomic E-state index is 0.160. The largest absolute Gasteiger partial charge is 0.319 e. The van der Waals surface area contributed by atoms with Crippen molar-refractivity contribution in [3.05, 3.63) is 77.4 Å². The number of carbonyl (C=O) groups excluding carboxylic acids is 1. The Hall–Kier alpha value is -2.95. The Morgan fingerprint density at radius 3 is 2.57 bits per heavy atom. The van der Waals surface area contributed by atoms with Crippen LogP contribution in [0.2, 0.25) is 0 Å². The van der Waals surface area contributed by atoms with Crippen molar-refractivity contribution in [2.24, 2.45) is 0 Å². The number of hydrogen-bond donors (Lipinski definition) is 1. The molecule has 4 nitrogen and oxygen atoms in total. The molecule has 1 heterocycles. The number of halogens is 1. The minimum atomic E-state index is -0.452. The van der Waals surface area contributed by atoms with E-state index in [9.17, 15) is 9.18 Å². The summed E-state index contributed by atoms with van der Waals surface area (Å²) < 4.78 is 15.5. The van der Waals surface area contributed by atoms with Crippen molar-refractivity contribution in [1.29, 1.82) is 0 Å². The van der Waals surface area contributed by atoms with Gasteiger partial charge in [-0.25, -0.2) is 9.07 Å². The summed E-state index contributed by atoms with van der Waals surface area (Å²) in [5, 5.41) is 6.84. The third-order valence-electron chi connectivity index (χ3n) is 3.63. The fourth-order valence-corrected chi connectivity index (χ4v) is 2.37. The number of anilines is 1. The van der Waals surface area contributed by atoms with Gasteiger partial charge < -0.3 is 5.32 Å². The van der Waals surface area contributed by atoms with Gasteiger partial charge in [0.05, 0.1) is 28.8 Å². The molecule has 0 atom stereocenters. The second-order valence-electron chi connectivity index (χ2n) is 5.33. The number of rotatable bonds is 3.